The van der Waals surface area contributed by atoms with Crippen molar-refractivity contribution in [2.45, 2.75) is 44.0 Å². The fourth-order valence-electron chi connectivity index (χ4n) is 1.82. The number of aryl methyl sites for hydroxylation is 1. The number of sulfonamides is 1. The van der Waals surface area contributed by atoms with Crippen molar-refractivity contribution in [1.82, 2.24) is 4.72 Å². The number of benzene rings is 1. The third-order valence-corrected chi connectivity index (χ3v) is 4.80. The van der Waals surface area contributed by atoms with Gasteiger partial charge in [-0.3, -0.25) is 0 Å². The van der Waals surface area contributed by atoms with Crippen molar-refractivity contribution in [3.63, 3.8) is 0 Å². The second-order valence-electron chi connectivity index (χ2n) is 4.66. The van der Waals surface area contributed by atoms with E-state index in [-0.39, 0.29) is 23.3 Å². The number of unbranched alkanes of at least 4 members (excludes halogenated alkanes) is 1. The Balaban J connectivity index is 0.00000361. The first kappa shape index (κ1) is 19.9. The van der Waals surface area contributed by atoms with E-state index in [1.807, 2.05) is 13.0 Å². The van der Waals surface area contributed by atoms with E-state index in [1.54, 1.807) is 12.1 Å². The van der Waals surface area contributed by atoms with Crippen LogP contribution in [0.15, 0.2) is 27.6 Å². The van der Waals surface area contributed by atoms with Crippen LogP contribution in [0.1, 0.15) is 31.7 Å². The van der Waals surface area contributed by atoms with Crippen LogP contribution in [0.5, 0.6) is 0 Å². The molecule has 1 unspecified atom stereocenters. The molecule has 0 bridgehead atoms. The molecule has 0 aromatic heterocycles. The van der Waals surface area contributed by atoms with Crippen LogP contribution in [0, 0.1) is 6.92 Å². The van der Waals surface area contributed by atoms with E-state index in [1.165, 1.54) is 0 Å². The van der Waals surface area contributed by atoms with E-state index in [2.05, 4.69) is 27.6 Å². The van der Waals surface area contributed by atoms with Crippen molar-refractivity contribution >= 4 is 38.4 Å². The maximum absolute atomic E-state index is 12.3. The molecule has 7 heteroatoms. The molecular weight excluding hydrogens is 364 g/mol. The molecule has 0 aliphatic rings. The lowest BCUT2D eigenvalue weighted by Gasteiger charge is -2.17. The summed E-state index contributed by atoms with van der Waals surface area (Å²) in [6.45, 7) is 4.24. The molecule has 0 amide bonds. The molecule has 116 valence electrons. The number of rotatable bonds is 7. The molecule has 0 heterocycles. The van der Waals surface area contributed by atoms with E-state index in [0.717, 1.165) is 29.3 Å². The van der Waals surface area contributed by atoms with Gasteiger partial charge in [0.1, 0.15) is 0 Å². The molecule has 1 aromatic rings. The fourth-order valence-corrected chi connectivity index (χ4v) is 3.99. The summed E-state index contributed by atoms with van der Waals surface area (Å²) in [4.78, 5) is 0.273. The molecule has 0 spiro atoms. The Morgan fingerprint density at radius 2 is 2.00 bits per heavy atom. The molecule has 0 fully saturated rings. The van der Waals surface area contributed by atoms with E-state index >= 15 is 0 Å². The Labute approximate surface area is 136 Å². The Kier molecular flexibility index (Phi) is 8.93. The highest BCUT2D eigenvalue weighted by Gasteiger charge is 2.19. The van der Waals surface area contributed by atoms with Crippen LogP contribution in [0.25, 0.3) is 0 Å². The maximum atomic E-state index is 12.3. The van der Waals surface area contributed by atoms with Crippen molar-refractivity contribution < 1.29 is 8.42 Å². The fraction of sp³-hybridized carbons (Fsp3) is 0.538. The van der Waals surface area contributed by atoms with E-state index in [9.17, 15) is 8.42 Å². The minimum Gasteiger partial charge on any atom is -0.329 e. The molecule has 1 aromatic carbocycles. The summed E-state index contributed by atoms with van der Waals surface area (Å²) in [5, 5.41) is 0. The summed E-state index contributed by atoms with van der Waals surface area (Å²) in [6.07, 6.45) is 2.75. The molecule has 0 saturated heterocycles. The first-order chi connectivity index (χ1) is 8.89. The Hall–Kier alpha value is -0.140. The topological polar surface area (TPSA) is 72.2 Å². The van der Waals surface area contributed by atoms with Crippen LogP contribution >= 0.6 is 28.3 Å². The largest absolute Gasteiger partial charge is 0.329 e. The van der Waals surface area contributed by atoms with E-state index < -0.39 is 10.0 Å². The van der Waals surface area contributed by atoms with Crippen molar-refractivity contribution in [2.24, 2.45) is 5.73 Å². The second kappa shape index (κ2) is 9.00. The number of hydrogen-bond donors (Lipinski definition) is 2. The van der Waals surface area contributed by atoms with Gasteiger partial charge in [0, 0.05) is 17.1 Å². The zero-order chi connectivity index (χ0) is 14.5. The molecule has 3 N–H and O–H groups in total. The molecule has 0 saturated carbocycles. The Morgan fingerprint density at radius 3 is 2.50 bits per heavy atom. The average Bonchev–Trinajstić information content (AvgIpc) is 2.33. The van der Waals surface area contributed by atoms with Gasteiger partial charge in [0.2, 0.25) is 10.0 Å². The molecule has 0 aliphatic heterocycles. The number of nitrogens with one attached hydrogen (secondary N) is 1. The van der Waals surface area contributed by atoms with Gasteiger partial charge >= 0.3 is 0 Å². The summed E-state index contributed by atoms with van der Waals surface area (Å²) in [5.74, 6) is 0. The van der Waals surface area contributed by atoms with Gasteiger partial charge in [0.25, 0.3) is 0 Å². The normalized spacial score (nSPS) is 12.8. The van der Waals surface area contributed by atoms with Crippen LogP contribution in [-0.2, 0) is 10.0 Å². The lowest BCUT2D eigenvalue weighted by Crippen LogP contribution is -2.40. The van der Waals surface area contributed by atoms with Crippen LogP contribution in [0.4, 0.5) is 0 Å². The van der Waals surface area contributed by atoms with Gasteiger partial charge in [-0.15, -0.1) is 12.4 Å². The zero-order valence-corrected chi connectivity index (χ0v) is 14.9. The number of halogens is 2. The molecular formula is C13H22BrClN2O2S. The summed E-state index contributed by atoms with van der Waals surface area (Å²) in [7, 11) is -3.51. The van der Waals surface area contributed by atoms with Crippen LogP contribution < -0.4 is 10.5 Å². The van der Waals surface area contributed by atoms with E-state index in [4.69, 9.17) is 5.73 Å². The number of nitrogens with two attached hydrogens (primary N) is 1. The van der Waals surface area contributed by atoms with Gasteiger partial charge in [-0.25, -0.2) is 13.1 Å². The van der Waals surface area contributed by atoms with Gasteiger partial charge < -0.3 is 5.73 Å². The summed E-state index contributed by atoms with van der Waals surface area (Å²) >= 11 is 3.31. The molecule has 1 rings (SSSR count). The van der Waals surface area contributed by atoms with Gasteiger partial charge in [-0.05, 0) is 37.1 Å². The van der Waals surface area contributed by atoms with Crippen LogP contribution in [-0.4, -0.2) is 21.0 Å². The predicted octanol–water partition coefficient (Wildman–Crippen LogP) is 2.98. The third kappa shape index (κ3) is 6.10. The van der Waals surface area contributed by atoms with Crippen molar-refractivity contribution in [3.05, 3.63) is 28.2 Å². The summed E-state index contributed by atoms with van der Waals surface area (Å²) in [5.41, 5.74) is 6.52. The minimum absolute atomic E-state index is 0. The standard InChI is InChI=1S/C13H21BrN2O2S.ClH/c1-3-4-5-12(9-15)16-19(17,18)13-7-10(2)6-11(14)8-13;/h6-8,12,16H,3-5,9,15H2,1-2H3;1H. The molecule has 20 heavy (non-hydrogen) atoms. The average molecular weight is 386 g/mol. The van der Waals surface area contributed by atoms with Gasteiger partial charge in [-0.1, -0.05) is 35.7 Å². The summed E-state index contributed by atoms with van der Waals surface area (Å²) in [6, 6.07) is 4.92. The Bertz CT molecular complexity index is 503. The first-order valence-corrected chi connectivity index (χ1v) is 8.66. The lowest BCUT2D eigenvalue weighted by molar-refractivity contribution is 0.516. The predicted molar refractivity (Wildman–Crippen MR) is 88.8 cm³/mol. The highest BCUT2D eigenvalue weighted by atomic mass is 79.9. The molecule has 1 atom stereocenters. The Morgan fingerprint density at radius 1 is 1.35 bits per heavy atom. The van der Waals surface area contributed by atoms with E-state index in [0.29, 0.717) is 6.54 Å². The molecule has 0 aliphatic carbocycles. The highest BCUT2D eigenvalue weighted by molar-refractivity contribution is 9.10. The quantitative estimate of drug-likeness (QED) is 0.758. The van der Waals surface area contributed by atoms with Crippen molar-refractivity contribution in [2.75, 3.05) is 6.54 Å². The van der Waals surface area contributed by atoms with Crippen LogP contribution in [0.2, 0.25) is 0 Å². The first-order valence-electron chi connectivity index (χ1n) is 6.38. The minimum atomic E-state index is -3.51. The highest BCUT2D eigenvalue weighted by Crippen LogP contribution is 2.19. The third-order valence-electron chi connectivity index (χ3n) is 2.84. The monoisotopic (exact) mass is 384 g/mol. The molecule has 0 radical (unpaired) electrons. The SMILES string of the molecule is CCCCC(CN)NS(=O)(=O)c1cc(C)cc(Br)c1.Cl. The molecule has 4 nitrogen and oxygen atoms in total. The van der Waals surface area contributed by atoms with Crippen LogP contribution in [0.3, 0.4) is 0 Å². The number of hydrogen-bond acceptors (Lipinski definition) is 3. The maximum Gasteiger partial charge on any atom is 0.240 e. The van der Waals surface area contributed by atoms with Crippen molar-refractivity contribution in [3.8, 4) is 0 Å². The van der Waals surface area contributed by atoms with Crippen molar-refractivity contribution in [1.29, 1.82) is 0 Å². The second-order valence-corrected chi connectivity index (χ2v) is 7.29. The van der Waals surface area contributed by atoms with Gasteiger partial charge in [0.15, 0.2) is 0 Å². The smallest absolute Gasteiger partial charge is 0.240 e. The zero-order valence-electron chi connectivity index (χ0n) is 11.7. The van der Waals surface area contributed by atoms with Gasteiger partial charge in [-0.2, -0.15) is 0 Å². The van der Waals surface area contributed by atoms with Gasteiger partial charge in [0.05, 0.1) is 4.90 Å². The lowest BCUT2D eigenvalue weighted by atomic mass is 10.1. The summed E-state index contributed by atoms with van der Waals surface area (Å²) < 4.78 is 28.0.